The molecule has 1 amide bonds. The van der Waals surface area contributed by atoms with Crippen LogP contribution < -0.4 is 5.32 Å². The van der Waals surface area contributed by atoms with E-state index < -0.39 is 0 Å². The third-order valence-corrected chi connectivity index (χ3v) is 4.47. The Bertz CT molecular complexity index is 865. The summed E-state index contributed by atoms with van der Waals surface area (Å²) in [5.41, 5.74) is 4.63. The van der Waals surface area contributed by atoms with Gasteiger partial charge in [-0.15, -0.1) is 0 Å². The summed E-state index contributed by atoms with van der Waals surface area (Å²) in [6, 6.07) is 21.0. The molecule has 1 atom stereocenters. The summed E-state index contributed by atoms with van der Waals surface area (Å²) in [7, 11) is 0. The molecule has 2 heteroatoms. The van der Waals surface area contributed by atoms with Crippen molar-refractivity contribution >= 4 is 22.4 Å². The van der Waals surface area contributed by atoms with Gasteiger partial charge in [0, 0.05) is 17.7 Å². The standard InChI is InChI=1S/C20H17NO/c1-13-6-8-15(9-7-13)18-12-19(22)21-20-16-5-3-2-4-14(16)10-11-17(18)20/h2-11,18H,12H2,1H3,(H,21,22). The molecule has 0 fully saturated rings. The van der Waals surface area contributed by atoms with Crippen LogP contribution in [-0.2, 0) is 4.79 Å². The van der Waals surface area contributed by atoms with E-state index >= 15 is 0 Å². The molecule has 1 N–H and O–H groups in total. The predicted octanol–water partition coefficient (Wildman–Crippen LogP) is 4.62. The number of anilines is 1. The zero-order valence-corrected chi connectivity index (χ0v) is 12.5. The number of carbonyl (C=O) groups is 1. The van der Waals surface area contributed by atoms with Gasteiger partial charge in [0.25, 0.3) is 0 Å². The lowest BCUT2D eigenvalue weighted by Gasteiger charge is -2.27. The Hall–Kier alpha value is -2.61. The smallest absolute Gasteiger partial charge is 0.225 e. The second-order valence-electron chi connectivity index (χ2n) is 5.97. The van der Waals surface area contributed by atoms with Crippen LogP contribution in [0, 0.1) is 6.92 Å². The van der Waals surface area contributed by atoms with E-state index in [1.54, 1.807) is 0 Å². The monoisotopic (exact) mass is 287 g/mol. The normalized spacial score (nSPS) is 17.1. The summed E-state index contributed by atoms with van der Waals surface area (Å²) in [6.07, 6.45) is 0.508. The third-order valence-electron chi connectivity index (χ3n) is 4.47. The Kier molecular flexibility index (Phi) is 2.97. The number of amides is 1. The summed E-state index contributed by atoms with van der Waals surface area (Å²) < 4.78 is 0. The molecule has 3 aromatic carbocycles. The molecule has 1 aliphatic heterocycles. The van der Waals surface area contributed by atoms with Gasteiger partial charge < -0.3 is 5.32 Å². The van der Waals surface area contributed by atoms with Crippen LogP contribution in [0.3, 0.4) is 0 Å². The molecule has 0 saturated heterocycles. The number of benzene rings is 3. The molecule has 22 heavy (non-hydrogen) atoms. The molecule has 0 aromatic heterocycles. The quantitative estimate of drug-likeness (QED) is 0.695. The lowest BCUT2D eigenvalue weighted by molar-refractivity contribution is -0.116. The van der Waals surface area contributed by atoms with E-state index in [-0.39, 0.29) is 11.8 Å². The van der Waals surface area contributed by atoms with Gasteiger partial charge in [0.1, 0.15) is 0 Å². The molecule has 0 bridgehead atoms. The van der Waals surface area contributed by atoms with Crippen molar-refractivity contribution in [1.82, 2.24) is 0 Å². The van der Waals surface area contributed by atoms with Crippen molar-refractivity contribution in [3.63, 3.8) is 0 Å². The molecule has 0 saturated carbocycles. The fourth-order valence-corrected chi connectivity index (χ4v) is 3.30. The summed E-state index contributed by atoms with van der Waals surface area (Å²) in [5.74, 6) is 0.225. The maximum Gasteiger partial charge on any atom is 0.225 e. The highest BCUT2D eigenvalue weighted by Gasteiger charge is 2.27. The highest BCUT2D eigenvalue weighted by molar-refractivity contribution is 6.06. The van der Waals surface area contributed by atoms with Crippen molar-refractivity contribution in [3.8, 4) is 0 Å². The summed E-state index contributed by atoms with van der Waals surface area (Å²) in [6.45, 7) is 2.08. The summed E-state index contributed by atoms with van der Waals surface area (Å²) in [5, 5.41) is 5.35. The van der Waals surface area contributed by atoms with E-state index in [0.717, 1.165) is 16.5 Å². The zero-order valence-electron chi connectivity index (χ0n) is 12.5. The van der Waals surface area contributed by atoms with Gasteiger partial charge in [-0.2, -0.15) is 0 Å². The van der Waals surface area contributed by atoms with Gasteiger partial charge in [0.05, 0.1) is 5.69 Å². The van der Waals surface area contributed by atoms with Crippen molar-refractivity contribution in [2.45, 2.75) is 19.3 Å². The molecule has 2 nitrogen and oxygen atoms in total. The van der Waals surface area contributed by atoms with E-state index in [9.17, 15) is 4.79 Å². The van der Waals surface area contributed by atoms with Crippen LogP contribution in [0.4, 0.5) is 5.69 Å². The maximum absolute atomic E-state index is 12.2. The second-order valence-corrected chi connectivity index (χ2v) is 5.97. The van der Waals surface area contributed by atoms with Gasteiger partial charge in [-0.3, -0.25) is 4.79 Å². The van der Waals surface area contributed by atoms with Crippen LogP contribution in [0.15, 0.2) is 60.7 Å². The summed E-state index contributed by atoms with van der Waals surface area (Å²) in [4.78, 5) is 12.2. The van der Waals surface area contributed by atoms with E-state index in [4.69, 9.17) is 0 Å². The Balaban J connectivity index is 1.92. The Labute approximate surface area is 129 Å². The molecular formula is C20H17NO. The van der Waals surface area contributed by atoms with Gasteiger partial charge in [0.15, 0.2) is 0 Å². The van der Waals surface area contributed by atoms with Gasteiger partial charge in [-0.25, -0.2) is 0 Å². The average Bonchev–Trinajstić information content (AvgIpc) is 2.55. The SMILES string of the molecule is Cc1ccc(C2CC(=O)Nc3c2ccc2ccccc32)cc1. The van der Waals surface area contributed by atoms with Crippen LogP contribution in [0.1, 0.15) is 29.0 Å². The van der Waals surface area contributed by atoms with E-state index in [0.29, 0.717) is 6.42 Å². The van der Waals surface area contributed by atoms with Crippen LogP contribution in [0.25, 0.3) is 10.8 Å². The minimum absolute atomic E-state index is 0.0921. The fraction of sp³-hybridized carbons (Fsp3) is 0.150. The molecule has 1 aliphatic rings. The number of aryl methyl sites for hydroxylation is 1. The lowest BCUT2D eigenvalue weighted by atomic mass is 9.83. The first kappa shape index (κ1) is 13.1. The van der Waals surface area contributed by atoms with Crippen LogP contribution in [0.5, 0.6) is 0 Å². The first-order valence-electron chi connectivity index (χ1n) is 7.60. The molecular weight excluding hydrogens is 270 g/mol. The van der Waals surface area contributed by atoms with Gasteiger partial charge in [-0.1, -0.05) is 66.2 Å². The van der Waals surface area contributed by atoms with Gasteiger partial charge >= 0.3 is 0 Å². The van der Waals surface area contributed by atoms with Crippen LogP contribution in [-0.4, -0.2) is 5.91 Å². The molecule has 0 aliphatic carbocycles. The molecule has 3 aromatic rings. The number of rotatable bonds is 1. The third kappa shape index (κ3) is 2.08. The van der Waals surface area contributed by atoms with E-state index in [1.807, 2.05) is 12.1 Å². The first-order valence-corrected chi connectivity index (χ1v) is 7.60. The van der Waals surface area contributed by atoms with E-state index in [1.165, 1.54) is 16.7 Å². The minimum Gasteiger partial charge on any atom is -0.325 e. The molecule has 0 spiro atoms. The number of carbonyl (C=O) groups excluding carboxylic acids is 1. The van der Waals surface area contributed by atoms with Crippen molar-refractivity contribution in [2.24, 2.45) is 0 Å². The van der Waals surface area contributed by atoms with Crippen molar-refractivity contribution in [3.05, 3.63) is 77.4 Å². The maximum atomic E-state index is 12.2. The lowest BCUT2D eigenvalue weighted by Crippen LogP contribution is -2.23. The number of hydrogen-bond donors (Lipinski definition) is 1. The largest absolute Gasteiger partial charge is 0.325 e. The Morgan fingerprint density at radius 3 is 2.55 bits per heavy atom. The number of hydrogen-bond acceptors (Lipinski definition) is 1. The molecule has 1 heterocycles. The minimum atomic E-state index is 0.0921. The van der Waals surface area contributed by atoms with Crippen molar-refractivity contribution in [2.75, 3.05) is 5.32 Å². The molecule has 0 radical (unpaired) electrons. The summed E-state index contributed by atoms with van der Waals surface area (Å²) >= 11 is 0. The van der Waals surface area contributed by atoms with Crippen LogP contribution in [0.2, 0.25) is 0 Å². The fourth-order valence-electron chi connectivity index (χ4n) is 3.30. The number of fused-ring (bicyclic) bond motifs is 3. The van der Waals surface area contributed by atoms with Gasteiger partial charge in [-0.05, 0) is 23.4 Å². The topological polar surface area (TPSA) is 29.1 Å². The zero-order chi connectivity index (χ0) is 15.1. The molecule has 1 unspecified atom stereocenters. The highest BCUT2D eigenvalue weighted by atomic mass is 16.1. The molecule has 4 rings (SSSR count). The Morgan fingerprint density at radius 1 is 0.955 bits per heavy atom. The van der Waals surface area contributed by atoms with E-state index in [2.05, 4.69) is 60.8 Å². The number of nitrogens with one attached hydrogen (secondary N) is 1. The Morgan fingerprint density at radius 2 is 1.73 bits per heavy atom. The second kappa shape index (κ2) is 4.99. The average molecular weight is 287 g/mol. The van der Waals surface area contributed by atoms with Crippen LogP contribution >= 0.6 is 0 Å². The van der Waals surface area contributed by atoms with Gasteiger partial charge in [0.2, 0.25) is 5.91 Å². The van der Waals surface area contributed by atoms with Crippen molar-refractivity contribution in [1.29, 1.82) is 0 Å². The van der Waals surface area contributed by atoms with Crippen molar-refractivity contribution < 1.29 is 4.79 Å². The molecule has 108 valence electrons. The predicted molar refractivity (Wildman–Crippen MR) is 90.2 cm³/mol. The first-order chi connectivity index (χ1) is 10.7. The highest BCUT2D eigenvalue weighted by Crippen LogP contribution is 2.40.